The highest BCUT2D eigenvalue weighted by Crippen LogP contribution is 2.21. The molecule has 0 fully saturated rings. The Balaban J connectivity index is 1.77. The maximum absolute atomic E-state index is 10.6. The van der Waals surface area contributed by atoms with Crippen molar-refractivity contribution in [1.29, 1.82) is 0 Å². The molecule has 0 aliphatic heterocycles. The van der Waals surface area contributed by atoms with E-state index in [9.17, 15) is 4.79 Å². The lowest BCUT2D eigenvalue weighted by atomic mass is 10.4. The van der Waals surface area contributed by atoms with E-state index in [1.54, 1.807) is 11.8 Å². The summed E-state index contributed by atoms with van der Waals surface area (Å²) in [5.74, 6) is 0.779. The van der Waals surface area contributed by atoms with Crippen LogP contribution in [0.15, 0.2) is 40.4 Å². The van der Waals surface area contributed by atoms with Crippen LogP contribution in [0.2, 0.25) is 0 Å². The van der Waals surface area contributed by atoms with Gasteiger partial charge < -0.3 is 5.11 Å². The first kappa shape index (κ1) is 13.9. The van der Waals surface area contributed by atoms with Gasteiger partial charge in [-0.15, -0.1) is 16.9 Å². The molecule has 2 aromatic rings. The molecule has 0 saturated heterocycles. The van der Waals surface area contributed by atoms with Gasteiger partial charge in [0.1, 0.15) is 6.54 Å². The fourth-order valence-corrected chi connectivity index (χ4v) is 3.12. The van der Waals surface area contributed by atoms with E-state index in [1.165, 1.54) is 21.3 Å². The zero-order chi connectivity index (χ0) is 13.5. The Hall–Kier alpha value is -1.54. The number of aromatic nitrogens is 4. The van der Waals surface area contributed by atoms with E-state index in [1.807, 2.05) is 18.2 Å². The van der Waals surface area contributed by atoms with Crippen LogP contribution in [-0.4, -0.2) is 42.8 Å². The molecule has 0 aliphatic carbocycles. The number of carbonyl (C=O) groups is 1. The summed E-state index contributed by atoms with van der Waals surface area (Å²) in [5, 5.41) is 20.2. The van der Waals surface area contributed by atoms with E-state index in [0.29, 0.717) is 5.16 Å². The predicted molar refractivity (Wildman–Crippen MR) is 73.3 cm³/mol. The number of hydrogen-bond acceptors (Lipinski definition) is 6. The molecule has 0 aliphatic rings. The van der Waals surface area contributed by atoms with Crippen molar-refractivity contribution in [2.75, 3.05) is 11.5 Å². The molecule has 0 spiro atoms. The summed E-state index contributed by atoms with van der Waals surface area (Å²) in [6.07, 6.45) is 0. The standard InChI is InChI=1S/C11H12N4O2S2/c16-10(17)8-15-11(12-13-14-15)19-7-6-18-9-4-2-1-3-5-9/h1-5H,6-8H2,(H,16,17). The number of hydrogen-bond donors (Lipinski definition) is 1. The Morgan fingerprint density at radius 1 is 1.21 bits per heavy atom. The van der Waals surface area contributed by atoms with Crippen molar-refractivity contribution in [1.82, 2.24) is 20.2 Å². The van der Waals surface area contributed by atoms with E-state index >= 15 is 0 Å². The molecule has 1 N–H and O–H groups in total. The highest BCUT2D eigenvalue weighted by molar-refractivity contribution is 8.02. The van der Waals surface area contributed by atoms with E-state index in [-0.39, 0.29) is 6.54 Å². The normalized spacial score (nSPS) is 10.5. The van der Waals surface area contributed by atoms with E-state index in [2.05, 4.69) is 27.7 Å². The molecule has 0 amide bonds. The van der Waals surface area contributed by atoms with Crippen LogP contribution in [0.3, 0.4) is 0 Å². The third-order valence-electron chi connectivity index (χ3n) is 2.11. The summed E-state index contributed by atoms with van der Waals surface area (Å²) in [7, 11) is 0. The fourth-order valence-electron chi connectivity index (χ4n) is 1.34. The lowest BCUT2D eigenvalue weighted by Crippen LogP contribution is -2.11. The Morgan fingerprint density at radius 2 is 1.95 bits per heavy atom. The zero-order valence-electron chi connectivity index (χ0n) is 9.97. The van der Waals surface area contributed by atoms with Crippen molar-refractivity contribution in [2.24, 2.45) is 0 Å². The topological polar surface area (TPSA) is 80.9 Å². The molecule has 0 atom stereocenters. The van der Waals surface area contributed by atoms with Crippen molar-refractivity contribution in [2.45, 2.75) is 16.6 Å². The molecular weight excluding hydrogens is 284 g/mol. The predicted octanol–water partition coefficient (Wildman–Crippen LogP) is 1.64. The first-order valence-corrected chi connectivity index (χ1v) is 7.51. The van der Waals surface area contributed by atoms with Gasteiger partial charge in [-0.1, -0.05) is 30.0 Å². The molecule has 1 aromatic carbocycles. The van der Waals surface area contributed by atoms with Gasteiger partial charge in [0.05, 0.1) is 0 Å². The van der Waals surface area contributed by atoms with Gasteiger partial charge in [0.25, 0.3) is 0 Å². The van der Waals surface area contributed by atoms with Gasteiger partial charge in [-0.2, -0.15) is 0 Å². The van der Waals surface area contributed by atoms with Gasteiger partial charge in [0.15, 0.2) is 0 Å². The third-order valence-corrected chi connectivity index (χ3v) is 4.34. The molecule has 2 rings (SSSR count). The molecule has 6 nitrogen and oxygen atoms in total. The minimum absolute atomic E-state index is 0.207. The average molecular weight is 296 g/mol. The van der Waals surface area contributed by atoms with E-state index < -0.39 is 5.97 Å². The van der Waals surface area contributed by atoms with Gasteiger partial charge in [-0.05, 0) is 22.6 Å². The smallest absolute Gasteiger partial charge is 0.325 e. The quantitative estimate of drug-likeness (QED) is 0.614. The molecular formula is C11H12N4O2S2. The van der Waals surface area contributed by atoms with Crippen molar-refractivity contribution in [3.63, 3.8) is 0 Å². The van der Waals surface area contributed by atoms with Gasteiger partial charge in [0, 0.05) is 16.4 Å². The molecule has 0 bridgehead atoms. The lowest BCUT2D eigenvalue weighted by molar-refractivity contribution is -0.138. The van der Waals surface area contributed by atoms with Crippen LogP contribution >= 0.6 is 23.5 Å². The number of rotatable bonds is 7. The summed E-state index contributed by atoms with van der Waals surface area (Å²) in [4.78, 5) is 11.8. The first-order chi connectivity index (χ1) is 9.25. The third kappa shape index (κ3) is 4.56. The van der Waals surface area contributed by atoms with Crippen LogP contribution in [0.1, 0.15) is 0 Å². The largest absolute Gasteiger partial charge is 0.480 e. The summed E-state index contributed by atoms with van der Waals surface area (Å²) in [5.41, 5.74) is 0. The number of carboxylic acid groups (broad SMARTS) is 1. The first-order valence-electron chi connectivity index (χ1n) is 5.54. The van der Waals surface area contributed by atoms with Crippen LogP contribution in [0, 0.1) is 0 Å². The molecule has 0 saturated carbocycles. The Labute approximate surface area is 118 Å². The average Bonchev–Trinajstić information content (AvgIpc) is 2.82. The molecule has 8 heteroatoms. The molecule has 1 aromatic heterocycles. The maximum Gasteiger partial charge on any atom is 0.325 e. The van der Waals surface area contributed by atoms with Crippen LogP contribution in [0.25, 0.3) is 0 Å². The Kier molecular flexibility index (Phi) is 5.22. The second-order valence-corrected chi connectivity index (χ2v) is 5.75. The number of thioether (sulfide) groups is 2. The second kappa shape index (κ2) is 7.15. The van der Waals surface area contributed by atoms with Gasteiger partial charge in [-0.3, -0.25) is 4.79 Å². The number of benzene rings is 1. The number of carboxylic acids is 1. The van der Waals surface area contributed by atoms with Crippen molar-refractivity contribution >= 4 is 29.5 Å². The highest BCUT2D eigenvalue weighted by atomic mass is 32.2. The maximum atomic E-state index is 10.6. The minimum Gasteiger partial charge on any atom is -0.480 e. The van der Waals surface area contributed by atoms with E-state index in [4.69, 9.17) is 5.11 Å². The van der Waals surface area contributed by atoms with Crippen LogP contribution < -0.4 is 0 Å². The lowest BCUT2D eigenvalue weighted by Gasteiger charge is -2.02. The van der Waals surface area contributed by atoms with Gasteiger partial charge in [0.2, 0.25) is 5.16 Å². The van der Waals surface area contributed by atoms with Crippen LogP contribution in [0.5, 0.6) is 0 Å². The number of nitrogens with zero attached hydrogens (tertiary/aromatic N) is 4. The highest BCUT2D eigenvalue weighted by Gasteiger charge is 2.09. The van der Waals surface area contributed by atoms with Gasteiger partial charge >= 0.3 is 5.97 Å². The minimum atomic E-state index is -0.951. The summed E-state index contributed by atoms with van der Waals surface area (Å²) < 4.78 is 1.29. The Morgan fingerprint density at radius 3 is 2.68 bits per heavy atom. The SMILES string of the molecule is O=C(O)Cn1nnnc1SCCSc1ccccc1. The summed E-state index contributed by atoms with van der Waals surface area (Å²) >= 11 is 3.20. The van der Waals surface area contributed by atoms with Crippen molar-refractivity contribution in [3.8, 4) is 0 Å². The van der Waals surface area contributed by atoms with Gasteiger partial charge in [-0.25, -0.2) is 4.68 Å². The van der Waals surface area contributed by atoms with Crippen molar-refractivity contribution in [3.05, 3.63) is 30.3 Å². The monoisotopic (exact) mass is 296 g/mol. The summed E-state index contributed by atoms with van der Waals surface area (Å²) in [6.45, 7) is -0.207. The number of tetrazole rings is 1. The molecule has 0 unspecified atom stereocenters. The fraction of sp³-hybridized carbons (Fsp3) is 0.273. The Bertz CT molecular complexity index is 533. The van der Waals surface area contributed by atoms with Crippen LogP contribution in [-0.2, 0) is 11.3 Å². The molecule has 0 radical (unpaired) electrons. The van der Waals surface area contributed by atoms with E-state index in [0.717, 1.165) is 11.5 Å². The van der Waals surface area contributed by atoms with Crippen molar-refractivity contribution < 1.29 is 9.90 Å². The molecule has 100 valence electrons. The zero-order valence-corrected chi connectivity index (χ0v) is 11.6. The second-order valence-electron chi connectivity index (χ2n) is 3.52. The molecule has 1 heterocycles. The number of aliphatic carboxylic acids is 1. The van der Waals surface area contributed by atoms with Crippen LogP contribution in [0.4, 0.5) is 0 Å². The summed E-state index contributed by atoms with van der Waals surface area (Å²) in [6, 6.07) is 10.1. The molecule has 19 heavy (non-hydrogen) atoms.